The third-order valence-corrected chi connectivity index (χ3v) is 2.73. The van der Waals surface area contributed by atoms with Gasteiger partial charge in [-0.05, 0) is 0 Å². The van der Waals surface area contributed by atoms with Crippen LogP contribution in [0.2, 0.25) is 0 Å². The first-order valence-corrected chi connectivity index (χ1v) is 4.19. The SMILES string of the molecule is CN1C(=O)/C(=C/C(=O)O)SC1=S. The van der Waals surface area contributed by atoms with Crippen molar-refractivity contribution in [2.45, 2.75) is 0 Å². The number of hydrogen-bond donors (Lipinski definition) is 1. The van der Waals surface area contributed by atoms with Gasteiger partial charge in [-0.15, -0.1) is 0 Å². The number of nitrogens with zero attached hydrogens (tertiary/aromatic N) is 1. The van der Waals surface area contributed by atoms with E-state index in [2.05, 4.69) is 0 Å². The molecule has 1 aliphatic rings. The topological polar surface area (TPSA) is 57.6 Å². The van der Waals surface area contributed by atoms with Gasteiger partial charge < -0.3 is 5.11 Å². The summed E-state index contributed by atoms with van der Waals surface area (Å²) < 4.78 is 0.382. The van der Waals surface area contributed by atoms with Crippen LogP contribution in [0.3, 0.4) is 0 Å². The van der Waals surface area contributed by atoms with Crippen molar-refractivity contribution in [1.29, 1.82) is 0 Å². The Morgan fingerprint density at radius 3 is 2.67 bits per heavy atom. The van der Waals surface area contributed by atoms with Gasteiger partial charge in [-0.25, -0.2) is 4.79 Å². The van der Waals surface area contributed by atoms with Crippen molar-refractivity contribution in [3.63, 3.8) is 0 Å². The molecule has 0 atom stereocenters. The lowest BCUT2D eigenvalue weighted by Gasteiger charge is -2.03. The summed E-state index contributed by atoms with van der Waals surface area (Å²) in [6.07, 6.45) is 0.864. The molecule has 12 heavy (non-hydrogen) atoms. The lowest BCUT2D eigenvalue weighted by molar-refractivity contribution is -0.132. The number of likely N-dealkylation sites (N-methyl/N-ethyl adjacent to an activating group) is 1. The summed E-state index contributed by atoms with van der Waals surface area (Å²) in [6, 6.07) is 0. The van der Waals surface area contributed by atoms with Crippen molar-refractivity contribution in [2.24, 2.45) is 0 Å². The fourth-order valence-electron chi connectivity index (χ4n) is 0.658. The van der Waals surface area contributed by atoms with Crippen LogP contribution in [0.4, 0.5) is 0 Å². The zero-order valence-electron chi connectivity index (χ0n) is 6.10. The summed E-state index contributed by atoms with van der Waals surface area (Å²) in [5.41, 5.74) is 0. The molecule has 0 radical (unpaired) electrons. The summed E-state index contributed by atoms with van der Waals surface area (Å²) in [7, 11) is 1.51. The third kappa shape index (κ3) is 1.64. The van der Waals surface area contributed by atoms with Crippen LogP contribution >= 0.6 is 24.0 Å². The smallest absolute Gasteiger partial charge is 0.329 e. The first-order valence-electron chi connectivity index (χ1n) is 2.97. The molecular weight excluding hydrogens is 198 g/mol. The van der Waals surface area contributed by atoms with Crippen LogP contribution in [0.5, 0.6) is 0 Å². The zero-order valence-corrected chi connectivity index (χ0v) is 7.74. The normalized spacial score (nSPS) is 20.8. The average molecular weight is 203 g/mol. The largest absolute Gasteiger partial charge is 0.478 e. The molecule has 1 saturated heterocycles. The van der Waals surface area contributed by atoms with Crippen LogP contribution in [-0.4, -0.2) is 33.3 Å². The summed E-state index contributed by atoms with van der Waals surface area (Å²) in [4.78, 5) is 22.8. The molecule has 1 rings (SSSR count). The molecule has 0 saturated carbocycles. The second kappa shape index (κ2) is 3.24. The number of aliphatic carboxylic acids is 1. The predicted octanol–water partition coefficient (Wildman–Crippen LogP) is 0.445. The van der Waals surface area contributed by atoms with Gasteiger partial charge in [0.2, 0.25) is 0 Å². The van der Waals surface area contributed by atoms with Crippen LogP contribution in [-0.2, 0) is 9.59 Å². The molecule has 0 spiro atoms. The van der Waals surface area contributed by atoms with Crippen molar-refractivity contribution < 1.29 is 14.7 Å². The van der Waals surface area contributed by atoms with Crippen molar-refractivity contribution in [3.8, 4) is 0 Å². The van der Waals surface area contributed by atoms with E-state index in [1.54, 1.807) is 0 Å². The Morgan fingerprint density at radius 1 is 1.75 bits per heavy atom. The number of thioether (sulfide) groups is 1. The molecule has 4 nitrogen and oxygen atoms in total. The number of carboxylic acids is 1. The zero-order chi connectivity index (χ0) is 9.30. The standard InChI is InChI=1S/C6H5NO3S2/c1-7-5(10)3(2-4(8)9)12-6(7)11/h2H,1H3,(H,8,9)/b3-2-. The Bertz CT molecular complexity index is 297. The van der Waals surface area contributed by atoms with E-state index in [9.17, 15) is 9.59 Å². The van der Waals surface area contributed by atoms with Crippen LogP contribution in [0.1, 0.15) is 0 Å². The van der Waals surface area contributed by atoms with E-state index in [0.717, 1.165) is 17.8 Å². The van der Waals surface area contributed by atoms with Gasteiger partial charge in [0.15, 0.2) is 0 Å². The predicted molar refractivity (Wildman–Crippen MR) is 48.7 cm³/mol. The Kier molecular flexibility index (Phi) is 2.49. The quantitative estimate of drug-likeness (QED) is 0.495. The number of amides is 1. The molecule has 1 fully saturated rings. The second-order valence-electron chi connectivity index (χ2n) is 2.08. The molecule has 0 unspecified atom stereocenters. The van der Waals surface area contributed by atoms with Crippen LogP contribution in [0.15, 0.2) is 11.0 Å². The van der Waals surface area contributed by atoms with Crippen LogP contribution in [0.25, 0.3) is 0 Å². The average Bonchev–Trinajstić information content (AvgIpc) is 2.17. The van der Waals surface area contributed by atoms with Gasteiger partial charge in [0.25, 0.3) is 5.91 Å². The van der Waals surface area contributed by atoms with Gasteiger partial charge in [-0.3, -0.25) is 9.69 Å². The van der Waals surface area contributed by atoms with Gasteiger partial charge in [0.05, 0.1) is 4.91 Å². The molecule has 0 aromatic carbocycles. The summed E-state index contributed by atoms with van der Waals surface area (Å²) in [5.74, 6) is -1.49. The fourth-order valence-corrected chi connectivity index (χ4v) is 1.80. The fraction of sp³-hybridized carbons (Fsp3) is 0.167. The number of thiocarbonyl (C=S) groups is 1. The minimum atomic E-state index is -1.14. The highest BCUT2D eigenvalue weighted by atomic mass is 32.2. The first-order chi connectivity index (χ1) is 5.52. The van der Waals surface area contributed by atoms with E-state index in [4.69, 9.17) is 17.3 Å². The lowest BCUT2D eigenvalue weighted by Crippen LogP contribution is -2.22. The van der Waals surface area contributed by atoms with E-state index in [1.807, 2.05) is 0 Å². The molecule has 0 aromatic heterocycles. The van der Waals surface area contributed by atoms with E-state index >= 15 is 0 Å². The van der Waals surface area contributed by atoms with Gasteiger partial charge in [0, 0.05) is 13.1 Å². The second-order valence-corrected chi connectivity index (χ2v) is 3.75. The van der Waals surface area contributed by atoms with Gasteiger partial charge in [-0.1, -0.05) is 24.0 Å². The molecule has 6 heteroatoms. The number of rotatable bonds is 1. The minimum absolute atomic E-state index is 0.162. The number of hydrogen-bond acceptors (Lipinski definition) is 4. The third-order valence-electron chi connectivity index (χ3n) is 1.24. The van der Waals surface area contributed by atoms with Gasteiger partial charge >= 0.3 is 5.97 Å². The molecule has 1 heterocycles. The van der Waals surface area contributed by atoms with Crippen molar-refractivity contribution >= 4 is 40.2 Å². The molecule has 0 aliphatic carbocycles. The van der Waals surface area contributed by atoms with Crippen LogP contribution < -0.4 is 0 Å². The van der Waals surface area contributed by atoms with E-state index < -0.39 is 5.97 Å². The molecule has 1 N–H and O–H groups in total. The maximum Gasteiger partial charge on any atom is 0.329 e. The maximum atomic E-state index is 11.1. The molecule has 64 valence electrons. The van der Waals surface area contributed by atoms with E-state index in [-0.39, 0.29) is 10.8 Å². The molecular formula is C6H5NO3S2. The van der Waals surface area contributed by atoms with E-state index in [0.29, 0.717) is 4.32 Å². The number of carboxylic acid groups (broad SMARTS) is 1. The summed E-state index contributed by atoms with van der Waals surface area (Å²) in [5, 5.41) is 8.36. The Balaban J connectivity index is 2.92. The van der Waals surface area contributed by atoms with Crippen molar-refractivity contribution in [3.05, 3.63) is 11.0 Å². The van der Waals surface area contributed by atoms with Gasteiger partial charge in [-0.2, -0.15) is 0 Å². The highest BCUT2D eigenvalue weighted by molar-refractivity contribution is 8.26. The minimum Gasteiger partial charge on any atom is -0.478 e. The Hall–Kier alpha value is -0.880. The molecule has 1 amide bonds. The molecule has 1 aliphatic heterocycles. The van der Waals surface area contributed by atoms with Crippen LogP contribution in [0, 0.1) is 0 Å². The lowest BCUT2D eigenvalue weighted by atomic mass is 10.4. The van der Waals surface area contributed by atoms with Crippen molar-refractivity contribution in [1.82, 2.24) is 4.90 Å². The van der Waals surface area contributed by atoms with Gasteiger partial charge in [0.1, 0.15) is 4.32 Å². The highest BCUT2D eigenvalue weighted by Gasteiger charge is 2.29. The number of carbonyl (C=O) groups is 2. The molecule has 0 aromatic rings. The maximum absolute atomic E-state index is 11.1. The van der Waals surface area contributed by atoms with E-state index in [1.165, 1.54) is 11.9 Å². The summed E-state index contributed by atoms with van der Waals surface area (Å²) >= 11 is 5.78. The monoisotopic (exact) mass is 203 g/mol. The number of carbonyl (C=O) groups excluding carboxylic acids is 1. The van der Waals surface area contributed by atoms with Crippen molar-refractivity contribution in [2.75, 3.05) is 7.05 Å². The Morgan fingerprint density at radius 2 is 2.33 bits per heavy atom. The molecule has 0 bridgehead atoms. The summed E-state index contributed by atoms with van der Waals surface area (Å²) in [6.45, 7) is 0. The highest BCUT2D eigenvalue weighted by Crippen LogP contribution is 2.29. The first kappa shape index (κ1) is 9.21. The Labute approximate surface area is 78.2 Å².